The number of nitrogens with one attached hydrogen (secondary N) is 1. The molecule has 2 aliphatic rings. The van der Waals surface area contributed by atoms with E-state index in [9.17, 15) is 9.90 Å². The van der Waals surface area contributed by atoms with Gasteiger partial charge in [-0.1, -0.05) is 6.42 Å². The SMILES string of the molecule is CC1CCCC(C)N1CC(NC1CC1)C(=O)O. The molecular weight excluding hydrogens is 216 g/mol. The molecule has 0 aromatic carbocycles. The molecule has 1 aliphatic heterocycles. The second-order valence-electron chi connectivity index (χ2n) is 5.66. The first kappa shape index (κ1) is 12.8. The Kier molecular flexibility index (Phi) is 4.05. The highest BCUT2D eigenvalue weighted by atomic mass is 16.4. The Labute approximate surface area is 103 Å². The highest BCUT2D eigenvalue weighted by Gasteiger charge is 2.33. The Hall–Kier alpha value is -0.610. The van der Waals surface area contributed by atoms with Crippen molar-refractivity contribution >= 4 is 5.97 Å². The molecule has 1 saturated heterocycles. The first-order chi connectivity index (χ1) is 8.08. The van der Waals surface area contributed by atoms with E-state index in [0.717, 1.165) is 12.8 Å². The van der Waals surface area contributed by atoms with Crippen molar-refractivity contribution in [1.82, 2.24) is 10.2 Å². The number of hydrogen-bond donors (Lipinski definition) is 2. The lowest BCUT2D eigenvalue weighted by atomic mass is 9.97. The maximum absolute atomic E-state index is 11.3. The third-order valence-electron chi connectivity index (χ3n) is 4.08. The van der Waals surface area contributed by atoms with E-state index in [0.29, 0.717) is 24.7 Å². The molecule has 98 valence electrons. The standard InChI is InChI=1S/C13H24N2O2/c1-9-4-3-5-10(2)15(9)8-12(13(16)17)14-11-6-7-11/h9-12,14H,3-8H2,1-2H3,(H,16,17). The molecule has 1 heterocycles. The third kappa shape index (κ3) is 3.42. The van der Waals surface area contributed by atoms with Gasteiger partial charge in [0.25, 0.3) is 0 Å². The van der Waals surface area contributed by atoms with E-state index in [1.54, 1.807) is 0 Å². The number of hydrogen-bond acceptors (Lipinski definition) is 3. The predicted octanol–water partition coefficient (Wildman–Crippen LogP) is 1.45. The molecule has 3 atom stereocenters. The molecule has 1 saturated carbocycles. The average Bonchev–Trinajstić information content (AvgIpc) is 3.05. The molecule has 3 unspecified atom stereocenters. The largest absolute Gasteiger partial charge is 0.480 e. The lowest BCUT2D eigenvalue weighted by Gasteiger charge is -2.40. The highest BCUT2D eigenvalue weighted by molar-refractivity contribution is 5.73. The summed E-state index contributed by atoms with van der Waals surface area (Å²) in [6.45, 7) is 5.07. The van der Waals surface area contributed by atoms with Crippen LogP contribution in [0.1, 0.15) is 46.0 Å². The molecule has 0 spiro atoms. The van der Waals surface area contributed by atoms with Crippen LogP contribution < -0.4 is 5.32 Å². The number of nitrogens with zero attached hydrogens (tertiary/aromatic N) is 1. The van der Waals surface area contributed by atoms with Crippen LogP contribution in [-0.4, -0.2) is 46.7 Å². The Balaban J connectivity index is 1.92. The van der Waals surface area contributed by atoms with E-state index in [2.05, 4.69) is 24.1 Å². The monoisotopic (exact) mass is 240 g/mol. The zero-order valence-electron chi connectivity index (χ0n) is 10.9. The first-order valence-electron chi connectivity index (χ1n) is 6.82. The summed E-state index contributed by atoms with van der Waals surface area (Å²) < 4.78 is 0. The van der Waals surface area contributed by atoms with Gasteiger partial charge in [0, 0.05) is 24.7 Å². The molecule has 4 heteroatoms. The van der Waals surface area contributed by atoms with E-state index in [4.69, 9.17) is 0 Å². The van der Waals surface area contributed by atoms with Crippen LogP contribution in [0.25, 0.3) is 0 Å². The third-order valence-corrected chi connectivity index (χ3v) is 4.08. The van der Waals surface area contributed by atoms with Crippen LogP contribution in [-0.2, 0) is 4.79 Å². The predicted molar refractivity (Wildman–Crippen MR) is 67.1 cm³/mol. The summed E-state index contributed by atoms with van der Waals surface area (Å²) in [5, 5.41) is 12.5. The van der Waals surface area contributed by atoms with Gasteiger partial charge >= 0.3 is 5.97 Å². The summed E-state index contributed by atoms with van der Waals surface area (Å²) in [4.78, 5) is 13.6. The maximum atomic E-state index is 11.3. The van der Waals surface area contributed by atoms with Crippen LogP contribution in [0.5, 0.6) is 0 Å². The van der Waals surface area contributed by atoms with Crippen molar-refractivity contribution in [2.45, 2.75) is 70.1 Å². The van der Waals surface area contributed by atoms with Gasteiger partial charge in [0.05, 0.1) is 0 Å². The van der Waals surface area contributed by atoms with Gasteiger partial charge in [0.2, 0.25) is 0 Å². The van der Waals surface area contributed by atoms with Crippen molar-refractivity contribution in [1.29, 1.82) is 0 Å². The average molecular weight is 240 g/mol. The minimum Gasteiger partial charge on any atom is -0.480 e. The Bertz CT molecular complexity index is 269. The van der Waals surface area contributed by atoms with Crippen molar-refractivity contribution < 1.29 is 9.90 Å². The molecule has 0 radical (unpaired) electrons. The van der Waals surface area contributed by atoms with Crippen LogP contribution in [0.4, 0.5) is 0 Å². The molecule has 0 bridgehead atoms. The van der Waals surface area contributed by atoms with E-state index in [-0.39, 0.29) is 0 Å². The van der Waals surface area contributed by atoms with Crippen LogP contribution in [0.2, 0.25) is 0 Å². The zero-order chi connectivity index (χ0) is 12.4. The van der Waals surface area contributed by atoms with Crippen LogP contribution in [0, 0.1) is 0 Å². The number of carbonyl (C=O) groups is 1. The molecule has 2 N–H and O–H groups in total. The van der Waals surface area contributed by atoms with E-state index in [1.165, 1.54) is 19.3 Å². The van der Waals surface area contributed by atoms with E-state index < -0.39 is 12.0 Å². The summed E-state index contributed by atoms with van der Waals surface area (Å²) in [5.74, 6) is -0.707. The van der Waals surface area contributed by atoms with Gasteiger partial charge in [-0.3, -0.25) is 9.69 Å². The lowest BCUT2D eigenvalue weighted by Crippen LogP contribution is -2.53. The molecule has 17 heavy (non-hydrogen) atoms. The van der Waals surface area contributed by atoms with Crippen molar-refractivity contribution in [3.8, 4) is 0 Å². The summed E-state index contributed by atoms with van der Waals surface area (Å²) in [7, 11) is 0. The number of piperidine rings is 1. The van der Waals surface area contributed by atoms with Gasteiger partial charge in [-0.2, -0.15) is 0 Å². The van der Waals surface area contributed by atoms with Crippen molar-refractivity contribution in [2.75, 3.05) is 6.54 Å². The Morgan fingerprint density at radius 1 is 1.29 bits per heavy atom. The smallest absolute Gasteiger partial charge is 0.322 e. The minimum atomic E-state index is -0.707. The summed E-state index contributed by atoms with van der Waals surface area (Å²) >= 11 is 0. The van der Waals surface area contributed by atoms with Gasteiger partial charge in [-0.15, -0.1) is 0 Å². The number of carboxylic acids is 1. The van der Waals surface area contributed by atoms with E-state index >= 15 is 0 Å². The minimum absolute atomic E-state index is 0.398. The Morgan fingerprint density at radius 3 is 2.35 bits per heavy atom. The molecule has 0 amide bonds. The summed E-state index contributed by atoms with van der Waals surface area (Å²) in [5.41, 5.74) is 0. The normalized spacial score (nSPS) is 32.4. The second kappa shape index (κ2) is 5.36. The van der Waals surface area contributed by atoms with Crippen LogP contribution >= 0.6 is 0 Å². The molecule has 0 aromatic rings. The van der Waals surface area contributed by atoms with Gasteiger partial charge < -0.3 is 10.4 Å². The fourth-order valence-corrected chi connectivity index (χ4v) is 2.78. The van der Waals surface area contributed by atoms with Crippen molar-refractivity contribution in [2.24, 2.45) is 0 Å². The van der Waals surface area contributed by atoms with Gasteiger partial charge in [-0.25, -0.2) is 0 Å². The summed E-state index contributed by atoms with van der Waals surface area (Å²) in [6, 6.07) is 1.08. The highest BCUT2D eigenvalue weighted by Crippen LogP contribution is 2.24. The molecule has 2 rings (SSSR count). The van der Waals surface area contributed by atoms with Gasteiger partial charge in [-0.05, 0) is 39.5 Å². The van der Waals surface area contributed by atoms with Gasteiger partial charge in [0.1, 0.15) is 6.04 Å². The number of likely N-dealkylation sites (tertiary alicyclic amines) is 1. The molecule has 1 aliphatic carbocycles. The summed E-state index contributed by atoms with van der Waals surface area (Å²) in [6.07, 6.45) is 5.93. The zero-order valence-corrected chi connectivity index (χ0v) is 10.9. The molecule has 0 aromatic heterocycles. The lowest BCUT2D eigenvalue weighted by molar-refractivity contribution is -0.140. The number of carboxylic acid groups (broad SMARTS) is 1. The number of aliphatic carboxylic acids is 1. The van der Waals surface area contributed by atoms with Crippen LogP contribution in [0.3, 0.4) is 0 Å². The first-order valence-corrected chi connectivity index (χ1v) is 6.82. The number of rotatable bonds is 5. The topological polar surface area (TPSA) is 52.6 Å². The van der Waals surface area contributed by atoms with Crippen molar-refractivity contribution in [3.05, 3.63) is 0 Å². The Morgan fingerprint density at radius 2 is 1.88 bits per heavy atom. The van der Waals surface area contributed by atoms with Gasteiger partial charge in [0.15, 0.2) is 0 Å². The van der Waals surface area contributed by atoms with E-state index in [1.807, 2.05) is 0 Å². The fraction of sp³-hybridized carbons (Fsp3) is 0.923. The van der Waals surface area contributed by atoms with Crippen molar-refractivity contribution in [3.63, 3.8) is 0 Å². The van der Waals surface area contributed by atoms with Crippen LogP contribution in [0.15, 0.2) is 0 Å². The molecule has 4 nitrogen and oxygen atoms in total. The second-order valence-corrected chi connectivity index (χ2v) is 5.66. The fourth-order valence-electron chi connectivity index (χ4n) is 2.78. The quantitative estimate of drug-likeness (QED) is 0.764. The molecular formula is C13H24N2O2. The maximum Gasteiger partial charge on any atom is 0.322 e. The molecule has 2 fully saturated rings.